The van der Waals surface area contributed by atoms with E-state index >= 15 is 0 Å². The van der Waals surface area contributed by atoms with Crippen LogP contribution in [-0.4, -0.2) is 21.1 Å². The molecule has 2 aromatic rings. The number of nitrogens with zero attached hydrogens (tertiary/aromatic N) is 3. The molecule has 1 heterocycles. The summed E-state index contributed by atoms with van der Waals surface area (Å²) < 4.78 is 11.1. The van der Waals surface area contributed by atoms with Crippen molar-refractivity contribution in [2.75, 3.05) is 5.43 Å². The van der Waals surface area contributed by atoms with Crippen molar-refractivity contribution in [3.05, 3.63) is 29.3 Å². The molecule has 0 bridgehead atoms. The molecule has 2 rings (SSSR count). The van der Waals surface area contributed by atoms with Crippen LogP contribution >= 0.6 is 0 Å². The van der Waals surface area contributed by atoms with Crippen molar-refractivity contribution >= 4 is 5.95 Å². The molecule has 0 saturated heterocycles. The summed E-state index contributed by atoms with van der Waals surface area (Å²) in [7, 11) is 0. The van der Waals surface area contributed by atoms with Crippen LogP contribution in [0.3, 0.4) is 0 Å². The first-order chi connectivity index (χ1) is 9.96. The highest BCUT2D eigenvalue weighted by Crippen LogP contribution is 2.23. The molecule has 0 amide bonds. The fourth-order valence-electron chi connectivity index (χ4n) is 1.81. The predicted molar refractivity (Wildman–Crippen MR) is 79.4 cm³/mol. The fraction of sp³-hybridized carbons (Fsp3) is 0.357. The number of rotatable bonds is 5. The minimum Gasteiger partial charge on any atom is -0.461 e. The number of nitrogen functional groups attached to an aromatic ring is 1. The van der Waals surface area contributed by atoms with Crippen molar-refractivity contribution in [1.29, 1.82) is 0 Å². The lowest BCUT2D eigenvalue weighted by Gasteiger charge is -2.11. The Morgan fingerprint density at radius 1 is 1.00 bits per heavy atom. The van der Waals surface area contributed by atoms with Gasteiger partial charge in [0.25, 0.3) is 0 Å². The molecule has 0 fully saturated rings. The van der Waals surface area contributed by atoms with Crippen LogP contribution in [0.1, 0.15) is 25.0 Å². The van der Waals surface area contributed by atoms with Crippen LogP contribution in [0.25, 0.3) is 0 Å². The summed E-state index contributed by atoms with van der Waals surface area (Å²) in [5, 5.41) is 0. The molecule has 0 aliphatic rings. The number of benzene rings is 1. The lowest BCUT2D eigenvalue weighted by molar-refractivity contribution is 0.218. The molecule has 21 heavy (non-hydrogen) atoms. The molecule has 112 valence electrons. The Labute approximate surface area is 123 Å². The Hall–Kier alpha value is -2.41. The van der Waals surface area contributed by atoms with E-state index in [-0.39, 0.29) is 24.1 Å². The van der Waals surface area contributed by atoms with E-state index in [1.807, 2.05) is 39.8 Å². The van der Waals surface area contributed by atoms with Gasteiger partial charge in [0.15, 0.2) is 0 Å². The number of hydrogen-bond donors (Lipinski definition) is 2. The topological polar surface area (TPSA) is 95.2 Å². The first kappa shape index (κ1) is 15.0. The summed E-state index contributed by atoms with van der Waals surface area (Å²) in [6.07, 6.45) is -0.0629. The van der Waals surface area contributed by atoms with Gasteiger partial charge >= 0.3 is 12.0 Å². The quantitative estimate of drug-likeness (QED) is 0.644. The number of hydrogen-bond acceptors (Lipinski definition) is 7. The minimum atomic E-state index is -0.0629. The van der Waals surface area contributed by atoms with Crippen molar-refractivity contribution < 1.29 is 9.47 Å². The van der Waals surface area contributed by atoms with Crippen molar-refractivity contribution in [2.24, 2.45) is 5.84 Å². The Morgan fingerprint density at radius 2 is 1.62 bits per heavy atom. The smallest absolute Gasteiger partial charge is 0.330 e. The molecular formula is C14H19N5O2. The van der Waals surface area contributed by atoms with Crippen LogP contribution in [0, 0.1) is 13.8 Å². The zero-order valence-electron chi connectivity index (χ0n) is 12.5. The van der Waals surface area contributed by atoms with Crippen LogP contribution < -0.4 is 20.7 Å². The number of nitrogens with one attached hydrogen (secondary N) is 1. The Kier molecular flexibility index (Phi) is 4.54. The molecule has 0 unspecified atom stereocenters. The molecule has 0 spiro atoms. The summed E-state index contributed by atoms with van der Waals surface area (Å²) in [6.45, 7) is 7.74. The first-order valence-corrected chi connectivity index (χ1v) is 6.62. The standard InChI is InChI=1S/C14H19N5O2/c1-8(2)20-13-16-12(19-15)17-14(18-13)21-11-6-9(3)5-10(4)7-11/h5-8H,15H2,1-4H3,(H,16,17,18,19). The van der Waals surface area contributed by atoms with E-state index in [2.05, 4.69) is 26.4 Å². The predicted octanol–water partition coefficient (Wildman–Crippen LogP) is 2.35. The number of nitrogens with two attached hydrogens (primary N) is 1. The van der Waals surface area contributed by atoms with E-state index in [4.69, 9.17) is 15.3 Å². The molecular weight excluding hydrogens is 270 g/mol. The highest BCUT2D eigenvalue weighted by Gasteiger charge is 2.10. The maximum absolute atomic E-state index is 5.67. The number of aromatic nitrogens is 3. The van der Waals surface area contributed by atoms with Gasteiger partial charge in [0.1, 0.15) is 5.75 Å². The van der Waals surface area contributed by atoms with Crippen LogP contribution in [0.2, 0.25) is 0 Å². The largest absolute Gasteiger partial charge is 0.461 e. The lowest BCUT2D eigenvalue weighted by atomic mass is 10.1. The van der Waals surface area contributed by atoms with Gasteiger partial charge in [-0.05, 0) is 51.0 Å². The second-order valence-electron chi connectivity index (χ2n) is 4.96. The molecule has 0 saturated carbocycles. The van der Waals surface area contributed by atoms with E-state index in [1.54, 1.807) is 0 Å². The fourth-order valence-corrected chi connectivity index (χ4v) is 1.81. The SMILES string of the molecule is Cc1cc(C)cc(Oc2nc(NN)nc(OC(C)C)n2)c1. The van der Waals surface area contributed by atoms with E-state index in [0.717, 1.165) is 11.1 Å². The van der Waals surface area contributed by atoms with Crippen LogP contribution in [0.5, 0.6) is 17.8 Å². The zero-order valence-corrected chi connectivity index (χ0v) is 12.5. The van der Waals surface area contributed by atoms with Gasteiger partial charge in [-0.25, -0.2) is 5.84 Å². The van der Waals surface area contributed by atoms with Gasteiger partial charge < -0.3 is 9.47 Å². The van der Waals surface area contributed by atoms with E-state index in [0.29, 0.717) is 5.75 Å². The normalized spacial score (nSPS) is 10.6. The van der Waals surface area contributed by atoms with Gasteiger partial charge in [-0.15, -0.1) is 4.98 Å². The number of hydrazine groups is 1. The molecule has 0 atom stereocenters. The average molecular weight is 289 g/mol. The van der Waals surface area contributed by atoms with Crippen molar-refractivity contribution in [1.82, 2.24) is 15.0 Å². The molecule has 0 aliphatic heterocycles. The van der Waals surface area contributed by atoms with Gasteiger partial charge in [0.2, 0.25) is 5.95 Å². The summed E-state index contributed by atoms with van der Waals surface area (Å²) in [4.78, 5) is 12.2. The summed E-state index contributed by atoms with van der Waals surface area (Å²) in [5.74, 6) is 6.18. The third-order valence-corrected chi connectivity index (χ3v) is 2.47. The molecule has 7 nitrogen and oxygen atoms in total. The van der Waals surface area contributed by atoms with Gasteiger partial charge in [0, 0.05) is 0 Å². The maximum Gasteiger partial charge on any atom is 0.330 e. The highest BCUT2D eigenvalue weighted by molar-refractivity contribution is 5.35. The Morgan fingerprint density at radius 3 is 2.19 bits per heavy atom. The first-order valence-electron chi connectivity index (χ1n) is 6.62. The van der Waals surface area contributed by atoms with Crippen LogP contribution in [0.15, 0.2) is 18.2 Å². The maximum atomic E-state index is 5.67. The van der Waals surface area contributed by atoms with Gasteiger partial charge in [-0.3, -0.25) is 5.43 Å². The molecule has 0 radical (unpaired) electrons. The summed E-state index contributed by atoms with van der Waals surface area (Å²) >= 11 is 0. The van der Waals surface area contributed by atoms with Crippen LogP contribution in [-0.2, 0) is 0 Å². The second kappa shape index (κ2) is 6.36. The highest BCUT2D eigenvalue weighted by atomic mass is 16.5. The van der Waals surface area contributed by atoms with Crippen molar-refractivity contribution in [3.63, 3.8) is 0 Å². The Bertz CT molecular complexity index is 611. The van der Waals surface area contributed by atoms with Gasteiger partial charge in [-0.1, -0.05) is 6.07 Å². The number of aryl methyl sites for hydroxylation is 2. The monoisotopic (exact) mass is 289 g/mol. The van der Waals surface area contributed by atoms with E-state index < -0.39 is 0 Å². The molecule has 1 aromatic heterocycles. The number of anilines is 1. The van der Waals surface area contributed by atoms with Crippen molar-refractivity contribution in [3.8, 4) is 17.8 Å². The van der Waals surface area contributed by atoms with Gasteiger partial charge in [-0.2, -0.15) is 9.97 Å². The molecule has 1 aromatic carbocycles. The number of ether oxygens (including phenoxy) is 2. The average Bonchev–Trinajstić information content (AvgIpc) is 2.36. The molecule has 0 aliphatic carbocycles. The summed E-state index contributed by atoms with van der Waals surface area (Å²) in [6, 6.07) is 6.14. The van der Waals surface area contributed by atoms with Crippen molar-refractivity contribution in [2.45, 2.75) is 33.8 Å². The second-order valence-corrected chi connectivity index (χ2v) is 4.96. The Balaban J connectivity index is 2.29. The van der Waals surface area contributed by atoms with Crippen LogP contribution in [0.4, 0.5) is 5.95 Å². The van der Waals surface area contributed by atoms with E-state index in [9.17, 15) is 0 Å². The third-order valence-electron chi connectivity index (χ3n) is 2.47. The molecule has 7 heteroatoms. The minimum absolute atomic E-state index is 0.0629. The summed E-state index contributed by atoms with van der Waals surface area (Å²) in [5.41, 5.74) is 4.55. The van der Waals surface area contributed by atoms with Gasteiger partial charge in [0.05, 0.1) is 6.10 Å². The third kappa shape index (κ3) is 4.28. The zero-order chi connectivity index (χ0) is 15.4. The molecule has 3 N–H and O–H groups in total. The lowest BCUT2D eigenvalue weighted by Crippen LogP contribution is -2.15. The van der Waals surface area contributed by atoms with E-state index in [1.165, 1.54) is 0 Å².